The molecule has 146 valence electrons. The standard InChI is InChI=1S/C19H16ClF2N3O3/c1-19(2,3)18(27)28-15-12(11-9(21)5-6-10(22)13(11)20)17(26)25(4)16-14(15)23-7-8-24-16/h5-8H,1-4H3. The van der Waals surface area contributed by atoms with Crippen LogP contribution in [0.2, 0.25) is 5.02 Å². The second-order valence-corrected chi connectivity index (χ2v) is 7.53. The summed E-state index contributed by atoms with van der Waals surface area (Å²) in [5, 5.41) is -0.603. The molecule has 3 rings (SSSR count). The van der Waals surface area contributed by atoms with Crippen molar-refractivity contribution < 1.29 is 18.3 Å². The van der Waals surface area contributed by atoms with E-state index >= 15 is 0 Å². The van der Waals surface area contributed by atoms with Gasteiger partial charge in [-0.1, -0.05) is 11.6 Å². The van der Waals surface area contributed by atoms with Gasteiger partial charge in [-0.15, -0.1) is 0 Å². The Morgan fingerprint density at radius 1 is 1.11 bits per heavy atom. The van der Waals surface area contributed by atoms with Crippen molar-refractivity contribution in [3.05, 3.63) is 51.5 Å². The molecular formula is C19H16ClF2N3O3. The number of rotatable bonds is 2. The number of halogens is 3. The van der Waals surface area contributed by atoms with E-state index in [1.807, 2.05) is 0 Å². The van der Waals surface area contributed by atoms with Crippen LogP contribution in [-0.4, -0.2) is 20.5 Å². The van der Waals surface area contributed by atoms with Gasteiger partial charge < -0.3 is 4.74 Å². The predicted molar refractivity (Wildman–Crippen MR) is 100 cm³/mol. The number of ether oxygens (including phenoxy) is 1. The first-order valence-corrected chi connectivity index (χ1v) is 8.61. The lowest BCUT2D eigenvalue weighted by molar-refractivity contribution is -0.142. The van der Waals surface area contributed by atoms with E-state index in [1.54, 1.807) is 20.8 Å². The number of pyridine rings is 1. The zero-order valence-electron chi connectivity index (χ0n) is 15.5. The molecule has 2 aromatic heterocycles. The maximum absolute atomic E-state index is 14.6. The Morgan fingerprint density at radius 3 is 2.36 bits per heavy atom. The van der Waals surface area contributed by atoms with Crippen LogP contribution in [-0.2, 0) is 11.8 Å². The molecule has 0 atom stereocenters. The highest BCUT2D eigenvalue weighted by atomic mass is 35.5. The lowest BCUT2D eigenvalue weighted by Gasteiger charge is -2.20. The average Bonchev–Trinajstić information content (AvgIpc) is 2.64. The molecule has 0 amide bonds. The summed E-state index contributed by atoms with van der Waals surface area (Å²) in [6, 6.07) is 1.68. The molecule has 0 N–H and O–H groups in total. The highest BCUT2D eigenvalue weighted by Gasteiger charge is 2.30. The monoisotopic (exact) mass is 407 g/mol. The quantitative estimate of drug-likeness (QED) is 0.476. The predicted octanol–water partition coefficient (Wildman–Crippen LogP) is 3.88. The summed E-state index contributed by atoms with van der Waals surface area (Å²) in [5.74, 6) is -2.88. The molecule has 0 fully saturated rings. The Labute approximate surface area is 163 Å². The van der Waals surface area contributed by atoms with Crippen molar-refractivity contribution >= 4 is 28.7 Å². The van der Waals surface area contributed by atoms with E-state index < -0.39 is 44.7 Å². The van der Waals surface area contributed by atoms with Crippen molar-refractivity contribution in [2.45, 2.75) is 20.8 Å². The zero-order chi connectivity index (χ0) is 20.8. The summed E-state index contributed by atoms with van der Waals surface area (Å²) < 4.78 is 35.2. The number of hydrogen-bond donors (Lipinski definition) is 0. The molecule has 0 radical (unpaired) electrons. The number of fused-ring (bicyclic) bond motifs is 1. The molecule has 0 unspecified atom stereocenters. The van der Waals surface area contributed by atoms with Crippen molar-refractivity contribution in [2.75, 3.05) is 0 Å². The number of aryl methyl sites for hydroxylation is 1. The molecule has 0 saturated carbocycles. The van der Waals surface area contributed by atoms with Gasteiger partial charge in [-0.3, -0.25) is 14.2 Å². The van der Waals surface area contributed by atoms with Gasteiger partial charge >= 0.3 is 5.97 Å². The molecule has 0 spiro atoms. The van der Waals surface area contributed by atoms with Crippen LogP contribution in [0.25, 0.3) is 22.3 Å². The number of aromatic nitrogens is 3. The summed E-state index contributed by atoms with van der Waals surface area (Å²) in [6.07, 6.45) is 2.68. The second-order valence-electron chi connectivity index (χ2n) is 7.15. The third-order valence-corrected chi connectivity index (χ3v) is 4.43. The van der Waals surface area contributed by atoms with Gasteiger partial charge in [0.05, 0.1) is 16.0 Å². The molecule has 0 saturated heterocycles. The minimum absolute atomic E-state index is 0.0388. The van der Waals surface area contributed by atoms with Crippen molar-refractivity contribution in [1.82, 2.24) is 14.5 Å². The van der Waals surface area contributed by atoms with Crippen molar-refractivity contribution in [3.8, 4) is 16.9 Å². The number of carbonyl (C=O) groups is 1. The minimum atomic E-state index is -0.945. The lowest BCUT2D eigenvalue weighted by Crippen LogP contribution is -2.28. The van der Waals surface area contributed by atoms with Crippen LogP contribution in [0.3, 0.4) is 0 Å². The lowest BCUT2D eigenvalue weighted by atomic mass is 9.97. The van der Waals surface area contributed by atoms with Crippen molar-refractivity contribution in [2.24, 2.45) is 12.5 Å². The van der Waals surface area contributed by atoms with E-state index in [0.29, 0.717) is 0 Å². The Kier molecular flexibility index (Phi) is 4.93. The largest absolute Gasteiger partial charge is 0.423 e. The van der Waals surface area contributed by atoms with Gasteiger partial charge in [-0.2, -0.15) is 0 Å². The van der Waals surface area contributed by atoms with E-state index in [9.17, 15) is 18.4 Å². The molecule has 9 heteroatoms. The molecule has 28 heavy (non-hydrogen) atoms. The average molecular weight is 408 g/mol. The van der Waals surface area contributed by atoms with Crippen LogP contribution in [0.4, 0.5) is 8.78 Å². The molecular weight excluding hydrogens is 392 g/mol. The Hall–Kier alpha value is -2.87. The van der Waals surface area contributed by atoms with Gasteiger partial charge in [0.25, 0.3) is 5.56 Å². The van der Waals surface area contributed by atoms with Gasteiger partial charge in [0.15, 0.2) is 11.4 Å². The van der Waals surface area contributed by atoms with E-state index in [1.165, 1.54) is 19.4 Å². The molecule has 0 aliphatic rings. The number of benzene rings is 1. The molecule has 2 heterocycles. The highest BCUT2D eigenvalue weighted by molar-refractivity contribution is 6.33. The SMILES string of the molecule is Cn1c(=O)c(-c2c(F)ccc(F)c2Cl)c(OC(=O)C(C)(C)C)c2nccnc21. The van der Waals surface area contributed by atoms with E-state index in [2.05, 4.69) is 9.97 Å². The number of nitrogens with zero attached hydrogens (tertiary/aromatic N) is 3. The highest BCUT2D eigenvalue weighted by Crippen LogP contribution is 2.39. The summed E-state index contributed by atoms with van der Waals surface area (Å²) in [5.41, 5.74) is -2.47. The number of esters is 1. The maximum atomic E-state index is 14.6. The van der Waals surface area contributed by atoms with Crippen LogP contribution in [0.15, 0.2) is 29.3 Å². The fourth-order valence-corrected chi connectivity index (χ4v) is 2.79. The van der Waals surface area contributed by atoms with Gasteiger partial charge in [0.1, 0.15) is 17.2 Å². The fraction of sp³-hybridized carbons (Fsp3) is 0.263. The van der Waals surface area contributed by atoms with Gasteiger partial charge in [0, 0.05) is 25.0 Å². The van der Waals surface area contributed by atoms with Gasteiger partial charge in [0.2, 0.25) is 0 Å². The first-order valence-electron chi connectivity index (χ1n) is 8.24. The van der Waals surface area contributed by atoms with Crippen LogP contribution in [0, 0.1) is 17.0 Å². The summed E-state index contributed by atoms with van der Waals surface area (Å²) in [6.45, 7) is 4.83. The molecule has 0 bridgehead atoms. The van der Waals surface area contributed by atoms with Gasteiger partial charge in [-0.25, -0.2) is 18.7 Å². The smallest absolute Gasteiger partial charge is 0.316 e. The molecule has 1 aromatic carbocycles. The van der Waals surface area contributed by atoms with E-state index in [0.717, 1.165) is 16.7 Å². The van der Waals surface area contributed by atoms with E-state index in [-0.39, 0.29) is 16.9 Å². The Morgan fingerprint density at radius 2 is 1.71 bits per heavy atom. The van der Waals surface area contributed by atoms with E-state index in [4.69, 9.17) is 16.3 Å². The van der Waals surface area contributed by atoms with Crippen LogP contribution >= 0.6 is 11.6 Å². The number of hydrogen-bond acceptors (Lipinski definition) is 5. The summed E-state index contributed by atoms with van der Waals surface area (Å²) in [4.78, 5) is 33.7. The molecule has 6 nitrogen and oxygen atoms in total. The molecule has 3 aromatic rings. The minimum Gasteiger partial charge on any atom is -0.423 e. The Balaban J connectivity index is 2.48. The van der Waals surface area contributed by atoms with Crippen molar-refractivity contribution in [1.29, 1.82) is 0 Å². The van der Waals surface area contributed by atoms with Crippen LogP contribution in [0.1, 0.15) is 20.8 Å². The summed E-state index contributed by atoms with van der Waals surface area (Å²) in [7, 11) is 1.39. The third kappa shape index (κ3) is 3.24. The van der Waals surface area contributed by atoms with Crippen molar-refractivity contribution in [3.63, 3.8) is 0 Å². The first-order chi connectivity index (χ1) is 13.0. The van der Waals surface area contributed by atoms with Crippen LogP contribution < -0.4 is 10.3 Å². The maximum Gasteiger partial charge on any atom is 0.316 e. The third-order valence-electron chi connectivity index (χ3n) is 4.06. The van der Waals surface area contributed by atoms with Crippen LogP contribution in [0.5, 0.6) is 5.75 Å². The molecule has 0 aliphatic carbocycles. The Bertz CT molecular complexity index is 1170. The number of carbonyl (C=O) groups excluding carboxylic acids is 1. The topological polar surface area (TPSA) is 74.1 Å². The normalized spacial score (nSPS) is 11.7. The zero-order valence-corrected chi connectivity index (χ0v) is 16.3. The fourth-order valence-electron chi connectivity index (χ4n) is 2.54. The molecule has 0 aliphatic heterocycles. The van der Waals surface area contributed by atoms with Gasteiger partial charge in [-0.05, 0) is 32.9 Å². The second kappa shape index (κ2) is 6.94. The first kappa shape index (κ1) is 19.9. The summed E-state index contributed by atoms with van der Waals surface area (Å²) >= 11 is 5.97.